The van der Waals surface area contributed by atoms with Crippen molar-refractivity contribution in [3.63, 3.8) is 0 Å². The number of hydrogen-bond donors (Lipinski definition) is 3. The second-order valence-electron chi connectivity index (χ2n) is 14.8. The summed E-state index contributed by atoms with van der Waals surface area (Å²) in [5, 5.41) is 19.4. The third-order valence-electron chi connectivity index (χ3n) is 9.19. The Morgan fingerprint density at radius 2 is 1.68 bits per heavy atom. The van der Waals surface area contributed by atoms with Gasteiger partial charge in [-0.1, -0.05) is 68.4 Å². The number of nitrogens with one attached hydrogen (secondary N) is 3. The number of nitrogens with zero attached hydrogens (tertiary/aromatic N) is 6. The molecule has 3 aromatic carbocycles. The Morgan fingerprint density at radius 1 is 0.930 bits per heavy atom. The maximum atomic E-state index is 14.8. The highest BCUT2D eigenvalue weighted by Gasteiger charge is 2.37. The third kappa shape index (κ3) is 9.45. The number of tetrazole rings is 1. The van der Waals surface area contributed by atoms with Crippen molar-refractivity contribution < 1.29 is 23.9 Å². The minimum absolute atomic E-state index is 0.0931. The summed E-state index contributed by atoms with van der Waals surface area (Å²) in [4.78, 5) is 73.7. The maximum absolute atomic E-state index is 14.8. The van der Waals surface area contributed by atoms with Gasteiger partial charge in [0.15, 0.2) is 0 Å². The topological polar surface area (TPSA) is 192 Å². The van der Waals surface area contributed by atoms with E-state index in [1.165, 1.54) is 29.8 Å². The number of rotatable bonds is 12. The van der Waals surface area contributed by atoms with Crippen LogP contribution in [0.25, 0.3) is 5.69 Å². The van der Waals surface area contributed by atoms with E-state index in [1.807, 2.05) is 50.2 Å². The monoisotopic (exact) mass is 791 g/mol. The summed E-state index contributed by atoms with van der Waals surface area (Å²) in [5.41, 5.74) is 2.64. The molecule has 1 atom stereocenters. The predicted octanol–water partition coefficient (Wildman–Crippen LogP) is 5.64. The molecule has 6 rings (SSSR count). The first-order valence-corrected chi connectivity index (χ1v) is 19.5. The first-order chi connectivity index (χ1) is 27.2. The molecule has 2 aromatic heterocycles. The summed E-state index contributed by atoms with van der Waals surface area (Å²) in [6.45, 7) is 10.7. The van der Waals surface area contributed by atoms with Gasteiger partial charge < -0.3 is 20.7 Å². The summed E-state index contributed by atoms with van der Waals surface area (Å²) in [6.07, 6.45) is 2.52. The number of aromatic nitrogens is 6. The van der Waals surface area contributed by atoms with Crippen LogP contribution in [0.15, 0.2) is 76.7 Å². The van der Waals surface area contributed by atoms with Crippen LogP contribution >= 0.6 is 11.8 Å². The number of anilines is 2. The number of benzene rings is 3. The zero-order chi connectivity index (χ0) is 40.9. The molecule has 1 aliphatic rings. The Bertz CT molecular complexity index is 2390. The van der Waals surface area contributed by atoms with Crippen molar-refractivity contribution in [2.75, 3.05) is 23.8 Å². The van der Waals surface area contributed by atoms with Crippen LogP contribution in [0.4, 0.5) is 11.4 Å². The minimum atomic E-state index is -1.38. The predicted molar refractivity (Wildman–Crippen MR) is 216 cm³/mol. The van der Waals surface area contributed by atoms with Crippen LogP contribution in [0.1, 0.15) is 89.1 Å². The summed E-state index contributed by atoms with van der Waals surface area (Å²) < 4.78 is 8.31. The van der Waals surface area contributed by atoms with Crippen molar-refractivity contribution in [3.8, 4) is 11.4 Å². The molecular formula is C41H45N9O6S. The van der Waals surface area contributed by atoms with Gasteiger partial charge in [0.05, 0.1) is 29.3 Å². The molecule has 1 unspecified atom stereocenters. The molecule has 57 heavy (non-hydrogen) atoms. The molecule has 5 aromatic rings. The molecule has 1 aliphatic carbocycles. The molecule has 0 fully saturated rings. The van der Waals surface area contributed by atoms with Gasteiger partial charge in [-0.25, -0.2) is 9.55 Å². The van der Waals surface area contributed by atoms with Crippen molar-refractivity contribution in [3.05, 3.63) is 111 Å². The largest absolute Gasteiger partial charge is 0.491 e. The van der Waals surface area contributed by atoms with Crippen LogP contribution < -0.4 is 26.2 Å². The van der Waals surface area contributed by atoms with Crippen molar-refractivity contribution in [2.24, 2.45) is 5.41 Å². The molecule has 0 spiro atoms. The molecule has 0 radical (unpaired) electrons. The van der Waals surface area contributed by atoms with Gasteiger partial charge in [-0.2, -0.15) is 4.68 Å². The van der Waals surface area contributed by atoms with Crippen LogP contribution in [0.5, 0.6) is 5.75 Å². The number of carbonyl (C=O) groups is 4. The molecule has 0 saturated heterocycles. The number of carbonyl (C=O) groups excluding carboxylic acids is 4. The van der Waals surface area contributed by atoms with E-state index in [9.17, 15) is 24.0 Å². The van der Waals surface area contributed by atoms with Crippen LogP contribution in [0, 0.1) is 19.3 Å². The van der Waals surface area contributed by atoms with Crippen molar-refractivity contribution in [1.82, 2.24) is 35.1 Å². The fraction of sp³-hybridized carbons (Fsp3) is 0.341. The minimum Gasteiger partial charge on any atom is -0.491 e. The van der Waals surface area contributed by atoms with E-state index in [4.69, 9.17) is 9.72 Å². The number of thioether (sulfide) groups is 1. The van der Waals surface area contributed by atoms with Crippen molar-refractivity contribution in [2.45, 2.75) is 77.6 Å². The molecule has 16 heteroatoms. The molecule has 3 N–H and O–H groups in total. The van der Waals surface area contributed by atoms with E-state index in [2.05, 4.69) is 31.5 Å². The molecule has 0 bridgehead atoms. The number of aryl methyl sites for hydroxylation is 3. The van der Waals surface area contributed by atoms with Gasteiger partial charge >= 0.3 is 0 Å². The molecule has 3 amide bonds. The number of hydrogen-bond acceptors (Lipinski definition) is 11. The molecule has 15 nitrogen and oxygen atoms in total. The standard InChI is InChI=1S/C41H45N9O6S/c1-24-16-19-33(25(2)22-24)56-21-20-42-36(52)27-17-18-31(43-26(3)51)32(23-27)45-37(53)34(57-40-46-47-48-50(40)28-12-8-7-9-13-28)35-44-30-15-11-10-14-29(30)38(54)49(35)39(55)41(4,5)6/h7-9,12-13,16-19,22-23,34H,10-11,14-15,20-21H2,1-6H3,(H,42,52)(H,43,51)(H,45,53). The molecule has 2 heterocycles. The van der Waals surface area contributed by atoms with Gasteiger partial charge in [0.2, 0.25) is 22.9 Å². The van der Waals surface area contributed by atoms with Crippen LogP contribution in [-0.4, -0.2) is 66.5 Å². The highest BCUT2D eigenvalue weighted by atomic mass is 32.2. The lowest BCUT2D eigenvalue weighted by atomic mass is 9.93. The summed E-state index contributed by atoms with van der Waals surface area (Å²) in [7, 11) is 0. The number of para-hydroxylation sites is 1. The Labute approximate surface area is 334 Å². The van der Waals surface area contributed by atoms with E-state index in [-0.39, 0.29) is 41.1 Å². The van der Waals surface area contributed by atoms with Gasteiger partial charge in [-0.05, 0) is 91.9 Å². The van der Waals surface area contributed by atoms with Gasteiger partial charge in [-0.15, -0.1) is 5.10 Å². The van der Waals surface area contributed by atoms with E-state index in [0.717, 1.165) is 40.3 Å². The quantitative estimate of drug-likeness (QED) is 0.105. The Kier molecular flexibility index (Phi) is 12.3. The van der Waals surface area contributed by atoms with Crippen LogP contribution in [0.3, 0.4) is 0 Å². The van der Waals surface area contributed by atoms with Gasteiger partial charge in [0.1, 0.15) is 23.4 Å². The van der Waals surface area contributed by atoms with E-state index in [1.54, 1.807) is 32.9 Å². The van der Waals surface area contributed by atoms with Crippen molar-refractivity contribution >= 4 is 46.8 Å². The smallest absolute Gasteiger partial charge is 0.263 e. The van der Waals surface area contributed by atoms with Crippen molar-refractivity contribution in [1.29, 1.82) is 0 Å². The molecule has 296 valence electrons. The fourth-order valence-corrected chi connectivity index (χ4v) is 7.33. The Balaban J connectivity index is 1.37. The van der Waals surface area contributed by atoms with Gasteiger partial charge in [0.25, 0.3) is 11.5 Å². The second kappa shape index (κ2) is 17.3. The zero-order valence-electron chi connectivity index (χ0n) is 32.7. The summed E-state index contributed by atoms with van der Waals surface area (Å²) >= 11 is 0.902. The average molecular weight is 792 g/mol. The third-order valence-corrected chi connectivity index (χ3v) is 10.3. The average Bonchev–Trinajstić information content (AvgIpc) is 3.64. The molecular weight excluding hydrogens is 747 g/mol. The lowest BCUT2D eigenvalue weighted by Gasteiger charge is -2.26. The second-order valence-corrected chi connectivity index (χ2v) is 15.9. The lowest BCUT2D eigenvalue weighted by Crippen LogP contribution is -2.42. The Hall–Kier alpha value is -6.16. The first-order valence-electron chi connectivity index (χ1n) is 18.6. The summed E-state index contributed by atoms with van der Waals surface area (Å²) in [5.74, 6) is -1.49. The summed E-state index contributed by atoms with van der Waals surface area (Å²) in [6, 6.07) is 19.3. The van der Waals surface area contributed by atoms with Crippen LogP contribution in [0.2, 0.25) is 0 Å². The fourth-order valence-electron chi connectivity index (χ4n) is 6.37. The highest BCUT2D eigenvalue weighted by Crippen LogP contribution is 2.37. The molecule has 0 saturated carbocycles. The lowest BCUT2D eigenvalue weighted by molar-refractivity contribution is -0.116. The van der Waals surface area contributed by atoms with E-state index >= 15 is 0 Å². The first kappa shape index (κ1) is 40.5. The number of ether oxygens (including phenoxy) is 1. The Morgan fingerprint density at radius 3 is 2.40 bits per heavy atom. The highest BCUT2D eigenvalue weighted by molar-refractivity contribution is 8.00. The number of fused-ring (bicyclic) bond motifs is 1. The van der Waals surface area contributed by atoms with E-state index < -0.39 is 39.9 Å². The molecule has 0 aliphatic heterocycles. The van der Waals surface area contributed by atoms with Gasteiger partial charge in [-0.3, -0.25) is 24.0 Å². The van der Waals surface area contributed by atoms with Gasteiger partial charge in [0, 0.05) is 23.5 Å². The SMILES string of the molecule is CC(=O)Nc1ccc(C(=O)NCCOc2ccc(C)cc2C)cc1NC(=O)C(Sc1nnnn1-c1ccccc1)c1nc2c(c(=O)n1C(=O)C(C)(C)C)CCCC2. The normalized spacial score (nSPS) is 12.9. The van der Waals surface area contributed by atoms with E-state index in [0.29, 0.717) is 35.5 Å². The maximum Gasteiger partial charge on any atom is 0.263 e. The number of amides is 3. The zero-order valence-corrected chi connectivity index (χ0v) is 33.5. The van der Waals surface area contributed by atoms with Crippen LogP contribution in [-0.2, 0) is 22.4 Å².